The topological polar surface area (TPSA) is 66.6 Å². The largest absolute Gasteiger partial charge is 0.394 e. The molecule has 2 N–H and O–H groups in total. The van der Waals surface area contributed by atoms with Crippen molar-refractivity contribution in [3.05, 3.63) is 36.4 Å². The molecule has 2 aromatic rings. The number of carbonyl (C=O) groups excluding carboxylic acids is 1. The summed E-state index contributed by atoms with van der Waals surface area (Å²) in [5, 5.41) is 12.5. The van der Waals surface area contributed by atoms with Gasteiger partial charge < -0.3 is 14.8 Å². The van der Waals surface area contributed by atoms with Gasteiger partial charge in [-0.3, -0.25) is 4.79 Å². The first-order valence-corrected chi connectivity index (χ1v) is 6.58. The zero-order chi connectivity index (χ0) is 13.3. The number of rotatable bonds is 3. The van der Waals surface area contributed by atoms with Gasteiger partial charge in [0.1, 0.15) is 0 Å². The number of aromatic nitrogens is 2. The van der Waals surface area contributed by atoms with Gasteiger partial charge in [-0.25, -0.2) is 4.98 Å². The number of aliphatic hydroxyl groups is 1. The normalized spacial score (nSPS) is 17.7. The van der Waals surface area contributed by atoms with E-state index in [1.165, 1.54) is 0 Å². The van der Waals surface area contributed by atoms with E-state index in [0.29, 0.717) is 5.56 Å². The Morgan fingerprint density at radius 3 is 3.00 bits per heavy atom. The van der Waals surface area contributed by atoms with Crippen molar-refractivity contribution in [1.29, 1.82) is 0 Å². The minimum atomic E-state index is -0.427. The van der Waals surface area contributed by atoms with E-state index in [2.05, 4.69) is 10.3 Å². The van der Waals surface area contributed by atoms with Gasteiger partial charge in [-0.15, -0.1) is 0 Å². The molecular weight excluding hydrogens is 242 g/mol. The molecule has 3 rings (SSSR count). The quantitative estimate of drug-likeness (QED) is 0.875. The Labute approximate surface area is 111 Å². The lowest BCUT2D eigenvalue weighted by Gasteiger charge is -2.28. The highest BCUT2D eigenvalue weighted by molar-refractivity contribution is 5.95. The molecule has 0 atom stereocenters. The maximum absolute atomic E-state index is 12.3. The van der Waals surface area contributed by atoms with E-state index in [1.807, 2.05) is 16.7 Å². The van der Waals surface area contributed by atoms with E-state index in [0.717, 1.165) is 31.2 Å². The molecule has 19 heavy (non-hydrogen) atoms. The smallest absolute Gasteiger partial charge is 0.251 e. The predicted molar refractivity (Wildman–Crippen MR) is 70.9 cm³/mol. The average Bonchev–Trinajstić information content (AvgIpc) is 3.06. The Bertz CT molecular complexity index is 600. The van der Waals surface area contributed by atoms with Crippen molar-refractivity contribution in [3.63, 3.8) is 0 Å². The van der Waals surface area contributed by atoms with Gasteiger partial charge in [0.2, 0.25) is 0 Å². The summed E-state index contributed by atoms with van der Waals surface area (Å²) in [6.45, 7) is 0.00761. The Morgan fingerprint density at radius 1 is 1.47 bits per heavy atom. The number of aliphatic hydroxyl groups excluding tert-OH is 1. The van der Waals surface area contributed by atoms with Crippen molar-refractivity contribution >= 4 is 11.4 Å². The number of nitrogens with zero attached hydrogens (tertiary/aromatic N) is 2. The number of imidazole rings is 1. The fourth-order valence-corrected chi connectivity index (χ4v) is 2.75. The van der Waals surface area contributed by atoms with Gasteiger partial charge in [0.25, 0.3) is 5.91 Å². The Hall–Kier alpha value is -1.88. The second-order valence-corrected chi connectivity index (χ2v) is 5.24. The SMILES string of the molecule is O=C(NC1(CO)CCCC1)c1ccn2cncc2c1. The number of hydrogen-bond acceptors (Lipinski definition) is 3. The third-order valence-corrected chi connectivity index (χ3v) is 3.92. The Morgan fingerprint density at radius 2 is 2.26 bits per heavy atom. The fourth-order valence-electron chi connectivity index (χ4n) is 2.75. The van der Waals surface area contributed by atoms with Crippen LogP contribution >= 0.6 is 0 Å². The van der Waals surface area contributed by atoms with Gasteiger partial charge in [0.15, 0.2) is 0 Å². The molecule has 5 heteroatoms. The lowest BCUT2D eigenvalue weighted by molar-refractivity contribution is 0.0838. The fraction of sp³-hybridized carbons (Fsp3) is 0.429. The van der Waals surface area contributed by atoms with Crippen LogP contribution in [0.15, 0.2) is 30.9 Å². The molecule has 0 aliphatic heterocycles. The molecule has 0 saturated heterocycles. The summed E-state index contributed by atoms with van der Waals surface area (Å²) in [5.74, 6) is -0.125. The van der Waals surface area contributed by atoms with Gasteiger partial charge in [0.05, 0.1) is 30.2 Å². The minimum absolute atomic E-state index is 0.00761. The molecule has 1 saturated carbocycles. The lowest BCUT2D eigenvalue weighted by atomic mass is 9.98. The molecule has 1 aliphatic carbocycles. The van der Waals surface area contributed by atoms with Crippen LogP contribution in [0.5, 0.6) is 0 Å². The first-order valence-electron chi connectivity index (χ1n) is 6.58. The standard InChI is InChI=1S/C14H17N3O2/c18-9-14(4-1-2-5-14)16-13(19)11-3-6-17-10-15-8-12(17)7-11/h3,6-8,10,18H,1-2,4-5,9H2,(H,16,19). The summed E-state index contributed by atoms with van der Waals surface area (Å²) in [6, 6.07) is 3.58. The van der Waals surface area contributed by atoms with Crippen molar-refractivity contribution in [3.8, 4) is 0 Å². The van der Waals surface area contributed by atoms with E-state index in [4.69, 9.17) is 0 Å². The van der Waals surface area contributed by atoms with Gasteiger partial charge in [0, 0.05) is 11.8 Å². The van der Waals surface area contributed by atoms with E-state index < -0.39 is 5.54 Å². The molecule has 100 valence electrons. The zero-order valence-electron chi connectivity index (χ0n) is 10.7. The second-order valence-electron chi connectivity index (χ2n) is 5.24. The highest BCUT2D eigenvalue weighted by Crippen LogP contribution is 2.29. The van der Waals surface area contributed by atoms with Gasteiger partial charge >= 0.3 is 0 Å². The van der Waals surface area contributed by atoms with Crippen LogP contribution in [-0.2, 0) is 0 Å². The summed E-state index contributed by atoms with van der Waals surface area (Å²) in [6.07, 6.45) is 9.05. The second kappa shape index (κ2) is 4.66. The number of fused-ring (bicyclic) bond motifs is 1. The molecule has 2 aromatic heterocycles. The predicted octanol–water partition coefficient (Wildman–Crippen LogP) is 1.37. The van der Waals surface area contributed by atoms with Crippen LogP contribution in [0.1, 0.15) is 36.0 Å². The van der Waals surface area contributed by atoms with Gasteiger partial charge in [-0.05, 0) is 25.0 Å². The van der Waals surface area contributed by atoms with Crippen molar-refractivity contribution in [2.24, 2.45) is 0 Å². The number of nitrogens with one attached hydrogen (secondary N) is 1. The van der Waals surface area contributed by atoms with Gasteiger partial charge in [-0.1, -0.05) is 12.8 Å². The van der Waals surface area contributed by atoms with Crippen LogP contribution in [0.3, 0.4) is 0 Å². The molecule has 1 fully saturated rings. The van der Waals surface area contributed by atoms with Crippen LogP contribution in [0.4, 0.5) is 0 Å². The van der Waals surface area contributed by atoms with Crippen molar-refractivity contribution in [2.45, 2.75) is 31.2 Å². The van der Waals surface area contributed by atoms with Crippen molar-refractivity contribution in [2.75, 3.05) is 6.61 Å². The van der Waals surface area contributed by atoms with Crippen LogP contribution in [-0.4, -0.2) is 32.5 Å². The minimum Gasteiger partial charge on any atom is -0.394 e. The average molecular weight is 259 g/mol. The molecule has 0 unspecified atom stereocenters. The van der Waals surface area contributed by atoms with Crippen molar-refractivity contribution in [1.82, 2.24) is 14.7 Å². The zero-order valence-corrected chi connectivity index (χ0v) is 10.7. The monoisotopic (exact) mass is 259 g/mol. The Kier molecular flexibility index (Phi) is 2.98. The number of carbonyl (C=O) groups is 1. The lowest BCUT2D eigenvalue weighted by Crippen LogP contribution is -2.49. The van der Waals surface area contributed by atoms with Gasteiger partial charge in [-0.2, -0.15) is 0 Å². The van der Waals surface area contributed by atoms with E-state index in [1.54, 1.807) is 18.6 Å². The molecule has 1 amide bonds. The summed E-state index contributed by atoms with van der Waals surface area (Å²) in [4.78, 5) is 16.3. The Balaban J connectivity index is 1.82. The number of pyridine rings is 1. The van der Waals surface area contributed by atoms with E-state index >= 15 is 0 Å². The summed E-state index contributed by atoms with van der Waals surface area (Å²) in [5.41, 5.74) is 1.06. The summed E-state index contributed by atoms with van der Waals surface area (Å²) >= 11 is 0. The third kappa shape index (κ3) is 2.21. The number of amides is 1. The third-order valence-electron chi connectivity index (χ3n) is 3.92. The molecular formula is C14H17N3O2. The molecule has 2 heterocycles. The highest BCUT2D eigenvalue weighted by atomic mass is 16.3. The van der Waals surface area contributed by atoms with E-state index in [-0.39, 0.29) is 12.5 Å². The molecule has 0 spiro atoms. The first kappa shape index (κ1) is 12.2. The molecule has 0 bridgehead atoms. The van der Waals surface area contributed by atoms with Crippen LogP contribution in [0.2, 0.25) is 0 Å². The van der Waals surface area contributed by atoms with E-state index in [9.17, 15) is 9.90 Å². The molecule has 0 aromatic carbocycles. The number of hydrogen-bond donors (Lipinski definition) is 2. The highest BCUT2D eigenvalue weighted by Gasteiger charge is 2.34. The molecule has 1 aliphatic rings. The molecule has 5 nitrogen and oxygen atoms in total. The summed E-state index contributed by atoms with van der Waals surface area (Å²) in [7, 11) is 0. The maximum Gasteiger partial charge on any atom is 0.251 e. The maximum atomic E-state index is 12.3. The molecule has 0 radical (unpaired) electrons. The van der Waals surface area contributed by atoms with Crippen LogP contribution in [0, 0.1) is 0 Å². The van der Waals surface area contributed by atoms with Crippen molar-refractivity contribution < 1.29 is 9.90 Å². The van der Waals surface area contributed by atoms with Crippen LogP contribution < -0.4 is 5.32 Å². The van der Waals surface area contributed by atoms with Crippen LogP contribution in [0.25, 0.3) is 5.52 Å². The summed E-state index contributed by atoms with van der Waals surface area (Å²) < 4.78 is 1.86. The first-order chi connectivity index (χ1) is 9.22.